The normalized spacial score (nSPS) is 11.9. The summed E-state index contributed by atoms with van der Waals surface area (Å²) < 4.78 is 10.1. The van der Waals surface area contributed by atoms with Gasteiger partial charge in [0, 0.05) is 11.6 Å². The van der Waals surface area contributed by atoms with Crippen LogP contribution in [0.1, 0.15) is 12.5 Å². The maximum atomic E-state index is 10.4. The van der Waals surface area contributed by atoms with Crippen LogP contribution in [0.4, 0.5) is 4.79 Å². The van der Waals surface area contributed by atoms with E-state index in [-0.39, 0.29) is 6.10 Å². The first-order valence-corrected chi connectivity index (χ1v) is 5.01. The third-order valence-corrected chi connectivity index (χ3v) is 1.86. The second kappa shape index (κ2) is 5.61. The van der Waals surface area contributed by atoms with E-state index in [1.54, 1.807) is 6.92 Å². The van der Waals surface area contributed by atoms with E-state index >= 15 is 0 Å². The van der Waals surface area contributed by atoms with Crippen LogP contribution in [-0.2, 0) is 4.74 Å². The lowest BCUT2D eigenvalue weighted by Crippen LogP contribution is -2.19. The molecular weight excluding hydrogens is 216 g/mol. The molecule has 0 aromatic heterocycles. The van der Waals surface area contributed by atoms with Gasteiger partial charge in [0.2, 0.25) is 0 Å². The number of ether oxygens (including phenoxy) is 2. The van der Waals surface area contributed by atoms with E-state index in [1.807, 2.05) is 31.2 Å². The number of hydrogen-bond acceptors (Lipinski definition) is 3. The van der Waals surface area contributed by atoms with Crippen LogP contribution in [0.5, 0.6) is 5.75 Å². The Bertz CT molecular complexity index is 338. The van der Waals surface area contributed by atoms with Gasteiger partial charge in [0.1, 0.15) is 18.5 Å². The summed E-state index contributed by atoms with van der Waals surface area (Å²) in [5.74, 6) is 0.757. The number of carbonyl (C=O) groups excluding carboxylic acids is 1. The largest absolute Gasteiger partial charge is 0.490 e. The van der Waals surface area contributed by atoms with E-state index in [0.717, 1.165) is 11.3 Å². The van der Waals surface area contributed by atoms with Gasteiger partial charge in [-0.15, -0.1) is 0 Å². The molecule has 15 heavy (non-hydrogen) atoms. The van der Waals surface area contributed by atoms with Gasteiger partial charge >= 0.3 is 5.43 Å². The number of aryl methyl sites for hydroxylation is 1. The van der Waals surface area contributed by atoms with Gasteiger partial charge in [-0.1, -0.05) is 12.1 Å². The fraction of sp³-hybridized carbons (Fsp3) is 0.364. The van der Waals surface area contributed by atoms with Crippen molar-refractivity contribution in [1.82, 2.24) is 0 Å². The van der Waals surface area contributed by atoms with E-state index in [9.17, 15) is 4.79 Å². The minimum atomic E-state index is -0.810. The topological polar surface area (TPSA) is 35.5 Å². The van der Waals surface area contributed by atoms with Gasteiger partial charge in [-0.3, -0.25) is 0 Å². The van der Waals surface area contributed by atoms with Gasteiger partial charge < -0.3 is 9.47 Å². The summed E-state index contributed by atoms with van der Waals surface area (Å²) in [6.45, 7) is 3.99. The SMILES string of the molecule is Cc1cccc(OCC(C)OC(=O)Cl)c1. The highest BCUT2D eigenvalue weighted by atomic mass is 35.5. The van der Waals surface area contributed by atoms with E-state index in [4.69, 9.17) is 21.1 Å². The highest BCUT2D eigenvalue weighted by molar-refractivity contribution is 6.61. The molecule has 1 rings (SSSR count). The number of benzene rings is 1. The lowest BCUT2D eigenvalue weighted by molar-refractivity contribution is 0.0937. The molecule has 1 atom stereocenters. The van der Waals surface area contributed by atoms with Crippen molar-refractivity contribution >= 4 is 17.0 Å². The lowest BCUT2D eigenvalue weighted by atomic mass is 10.2. The molecule has 0 saturated carbocycles. The van der Waals surface area contributed by atoms with E-state index in [1.165, 1.54) is 0 Å². The van der Waals surface area contributed by atoms with Gasteiger partial charge in [0.15, 0.2) is 0 Å². The minimum absolute atomic E-state index is 0.294. The predicted octanol–water partition coefficient (Wildman–Crippen LogP) is 3.14. The van der Waals surface area contributed by atoms with Gasteiger partial charge in [-0.25, -0.2) is 4.79 Å². The molecule has 0 aliphatic carbocycles. The van der Waals surface area contributed by atoms with Crippen LogP contribution in [0.2, 0.25) is 0 Å². The molecule has 0 saturated heterocycles. The lowest BCUT2D eigenvalue weighted by Gasteiger charge is -2.12. The molecule has 0 radical (unpaired) electrons. The Balaban J connectivity index is 2.40. The smallest absolute Gasteiger partial charge is 0.404 e. The maximum Gasteiger partial charge on any atom is 0.404 e. The Morgan fingerprint density at radius 2 is 2.27 bits per heavy atom. The molecule has 3 nitrogen and oxygen atoms in total. The third kappa shape index (κ3) is 4.70. The highest BCUT2D eigenvalue weighted by Crippen LogP contribution is 2.12. The summed E-state index contributed by atoms with van der Waals surface area (Å²) >= 11 is 5.06. The van der Waals surface area contributed by atoms with Gasteiger partial charge in [0.05, 0.1) is 0 Å². The van der Waals surface area contributed by atoms with Crippen molar-refractivity contribution in [2.24, 2.45) is 0 Å². The van der Waals surface area contributed by atoms with E-state index in [2.05, 4.69) is 0 Å². The fourth-order valence-electron chi connectivity index (χ4n) is 1.11. The second-order valence-corrected chi connectivity index (χ2v) is 3.60. The van der Waals surface area contributed by atoms with Gasteiger partial charge in [-0.05, 0) is 31.5 Å². The van der Waals surface area contributed by atoms with Crippen LogP contribution >= 0.6 is 11.6 Å². The Morgan fingerprint density at radius 1 is 1.53 bits per heavy atom. The highest BCUT2D eigenvalue weighted by Gasteiger charge is 2.07. The van der Waals surface area contributed by atoms with Crippen LogP contribution < -0.4 is 4.74 Å². The fourth-order valence-corrected chi connectivity index (χ4v) is 1.26. The first kappa shape index (κ1) is 11.9. The summed E-state index contributed by atoms with van der Waals surface area (Å²) in [7, 11) is 0. The zero-order valence-electron chi connectivity index (χ0n) is 8.70. The molecule has 0 N–H and O–H groups in total. The molecule has 1 aromatic carbocycles. The standard InChI is InChI=1S/C11H13ClO3/c1-8-4-3-5-10(6-8)14-7-9(2)15-11(12)13/h3-6,9H,7H2,1-2H3. The molecular formula is C11H13ClO3. The molecule has 0 amide bonds. The average Bonchev–Trinajstić information content (AvgIpc) is 2.14. The summed E-state index contributed by atoms with van der Waals surface area (Å²) in [4.78, 5) is 10.4. The molecule has 0 spiro atoms. The second-order valence-electron chi connectivity index (χ2n) is 3.29. The molecule has 1 aromatic rings. The van der Waals surface area contributed by atoms with Crippen molar-refractivity contribution in [1.29, 1.82) is 0 Å². The van der Waals surface area contributed by atoms with Crippen molar-refractivity contribution < 1.29 is 14.3 Å². The zero-order chi connectivity index (χ0) is 11.3. The summed E-state index contributed by atoms with van der Waals surface area (Å²) in [6, 6.07) is 7.65. The van der Waals surface area contributed by atoms with Crippen LogP contribution in [0.15, 0.2) is 24.3 Å². The molecule has 82 valence electrons. The number of halogens is 1. The average molecular weight is 229 g/mol. The molecule has 0 bridgehead atoms. The Kier molecular flexibility index (Phi) is 4.43. The summed E-state index contributed by atoms with van der Waals surface area (Å²) in [5, 5.41) is 0. The molecule has 0 heterocycles. The number of carbonyl (C=O) groups is 1. The van der Waals surface area contributed by atoms with Crippen molar-refractivity contribution in [3.63, 3.8) is 0 Å². The first-order chi connectivity index (χ1) is 7.08. The van der Waals surface area contributed by atoms with Crippen molar-refractivity contribution in [2.45, 2.75) is 20.0 Å². The maximum absolute atomic E-state index is 10.4. The number of hydrogen-bond donors (Lipinski definition) is 0. The van der Waals surface area contributed by atoms with Crippen molar-refractivity contribution in [2.75, 3.05) is 6.61 Å². The summed E-state index contributed by atoms with van der Waals surface area (Å²) in [6.07, 6.45) is -0.351. The van der Waals surface area contributed by atoms with E-state index in [0.29, 0.717) is 6.61 Å². The Hall–Kier alpha value is -1.22. The first-order valence-electron chi connectivity index (χ1n) is 4.63. The Morgan fingerprint density at radius 3 is 2.87 bits per heavy atom. The molecule has 0 aliphatic heterocycles. The molecule has 4 heteroatoms. The van der Waals surface area contributed by atoms with Crippen LogP contribution in [0.25, 0.3) is 0 Å². The summed E-state index contributed by atoms with van der Waals surface area (Å²) in [5.41, 5.74) is 0.310. The Labute approximate surface area is 93.9 Å². The van der Waals surface area contributed by atoms with Gasteiger partial charge in [-0.2, -0.15) is 0 Å². The van der Waals surface area contributed by atoms with Crippen molar-refractivity contribution in [3.05, 3.63) is 29.8 Å². The van der Waals surface area contributed by atoms with Crippen molar-refractivity contribution in [3.8, 4) is 5.75 Å². The van der Waals surface area contributed by atoms with Gasteiger partial charge in [0.25, 0.3) is 0 Å². The molecule has 1 unspecified atom stereocenters. The molecule has 0 aliphatic rings. The quantitative estimate of drug-likeness (QED) is 0.743. The number of rotatable bonds is 4. The zero-order valence-corrected chi connectivity index (χ0v) is 9.45. The predicted molar refractivity (Wildman–Crippen MR) is 58.5 cm³/mol. The van der Waals surface area contributed by atoms with Crippen LogP contribution in [0, 0.1) is 6.92 Å². The monoisotopic (exact) mass is 228 g/mol. The minimum Gasteiger partial charge on any atom is -0.490 e. The van der Waals surface area contributed by atoms with Crippen LogP contribution in [-0.4, -0.2) is 18.1 Å². The third-order valence-electron chi connectivity index (χ3n) is 1.77. The molecule has 0 fully saturated rings. The van der Waals surface area contributed by atoms with Crippen LogP contribution in [0.3, 0.4) is 0 Å². The van der Waals surface area contributed by atoms with E-state index < -0.39 is 5.43 Å².